The number of piperidine rings is 1. The summed E-state index contributed by atoms with van der Waals surface area (Å²) >= 11 is 0. The molecule has 4 nitrogen and oxygen atoms in total. The Balaban J connectivity index is 1.86. The van der Waals surface area contributed by atoms with Gasteiger partial charge in [-0.3, -0.25) is 0 Å². The highest BCUT2D eigenvalue weighted by atomic mass is 19.4. The van der Waals surface area contributed by atoms with Crippen molar-refractivity contribution >= 4 is 5.69 Å². The van der Waals surface area contributed by atoms with Gasteiger partial charge in [-0.05, 0) is 37.0 Å². The lowest BCUT2D eigenvalue weighted by Gasteiger charge is -2.35. The number of aromatic nitrogens is 2. The number of rotatable bonds is 3. The Labute approximate surface area is 144 Å². The molecule has 1 aliphatic heterocycles. The van der Waals surface area contributed by atoms with Crippen LogP contribution in [-0.4, -0.2) is 22.6 Å². The van der Waals surface area contributed by atoms with Gasteiger partial charge < -0.3 is 9.47 Å². The minimum absolute atomic E-state index is 0.107. The van der Waals surface area contributed by atoms with E-state index >= 15 is 0 Å². The highest BCUT2D eigenvalue weighted by Crippen LogP contribution is 2.38. The third kappa shape index (κ3) is 3.78. The molecule has 3 rings (SSSR count). The maximum atomic E-state index is 13.4. The third-order valence-corrected chi connectivity index (χ3v) is 4.68. The highest BCUT2D eigenvalue weighted by molar-refractivity contribution is 5.59. The first kappa shape index (κ1) is 17.3. The van der Waals surface area contributed by atoms with E-state index in [1.165, 1.54) is 12.1 Å². The van der Waals surface area contributed by atoms with Gasteiger partial charge in [-0.15, -0.1) is 0 Å². The minimum atomic E-state index is -4.43. The summed E-state index contributed by atoms with van der Waals surface area (Å²) in [5, 5.41) is 9.05. The Morgan fingerprint density at radius 2 is 2.16 bits per heavy atom. The number of anilines is 1. The van der Waals surface area contributed by atoms with Gasteiger partial charge in [0.05, 0.1) is 22.9 Å². The topological polar surface area (TPSA) is 44.9 Å². The quantitative estimate of drug-likeness (QED) is 0.848. The van der Waals surface area contributed by atoms with Crippen LogP contribution in [0.4, 0.5) is 18.9 Å². The average molecular weight is 348 g/mol. The SMILES string of the molecule is Cn1ccnc1CC1CCCN(c2cc(C#N)ccc2C(F)(F)F)C1. The molecule has 1 atom stereocenters. The Bertz CT molecular complexity index is 788. The van der Waals surface area contributed by atoms with Gasteiger partial charge in [0.25, 0.3) is 0 Å². The van der Waals surface area contributed by atoms with Crippen LogP contribution < -0.4 is 4.90 Å². The zero-order valence-electron chi connectivity index (χ0n) is 13.9. The molecule has 0 radical (unpaired) electrons. The predicted molar refractivity (Wildman–Crippen MR) is 88.0 cm³/mol. The lowest BCUT2D eigenvalue weighted by atomic mass is 9.93. The van der Waals surface area contributed by atoms with E-state index in [2.05, 4.69) is 4.98 Å². The molecule has 0 N–H and O–H groups in total. The number of aryl methyl sites for hydroxylation is 1. The van der Waals surface area contributed by atoms with Gasteiger partial charge in [0.2, 0.25) is 0 Å². The molecule has 0 spiro atoms. The van der Waals surface area contributed by atoms with E-state index in [1.807, 2.05) is 23.9 Å². The normalized spacial score (nSPS) is 18.2. The van der Waals surface area contributed by atoms with Crippen molar-refractivity contribution in [2.75, 3.05) is 18.0 Å². The van der Waals surface area contributed by atoms with E-state index in [0.717, 1.165) is 31.2 Å². The molecule has 1 aliphatic rings. The number of halogens is 3. The van der Waals surface area contributed by atoms with E-state index in [-0.39, 0.29) is 17.2 Å². The van der Waals surface area contributed by atoms with Gasteiger partial charge >= 0.3 is 6.18 Å². The number of nitrogens with zero attached hydrogens (tertiary/aromatic N) is 4. The fourth-order valence-corrected chi connectivity index (χ4v) is 3.40. The molecule has 0 aliphatic carbocycles. The van der Waals surface area contributed by atoms with Crippen LogP contribution in [0.3, 0.4) is 0 Å². The second-order valence-electron chi connectivity index (χ2n) is 6.45. The molecule has 7 heteroatoms. The predicted octanol–water partition coefficient (Wildman–Crippen LogP) is 3.77. The van der Waals surface area contributed by atoms with Crippen molar-refractivity contribution < 1.29 is 13.2 Å². The van der Waals surface area contributed by atoms with E-state index < -0.39 is 11.7 Å². The molecule has 25 heavy (non-hydrogen) atoms. The van der Waals surface area contributed by atoms with Crippen LogP contribution in [0.1, 0.15) is 29.8 Å². The standard InChI is InChI=1S/C18H19F3N4/c1-24-8-6-23-17(24)10-14-3-2-7-25(12-14)16-9-13(11-22)4-5-15(16)18(19,20)21/h4-6,8-9,14H,2-3,7,10,12H2,1H3. The van der Waals surface area contributed by atoms with Crippen molar-refractivity contribution in [1.29, 1.82) is 5.26 Å². The van der Waals surface area contributed by atoms with Crippen LogP contribution in [0, 0.1) is 17.2 Å². The molecular formula is C18H19F3N4. The van der Waals surface area contributed by atoms with Crippen LogP contribution in [0.5, 0.6) is 0 Å². The Kier molecular flexibility index (Phi) is 4.71. The maximum absolute atomic E-state index is 13.4. The van der Waals surface area contributed by atoms with Crippen LogP contribution in [0.15, 0.2) is 30.6 Å². The second-order valence-corrected chi connectivity index (χ2v) is 6.45. The Morgan fingerprint density at radius 3 is 2.80 bits per heavy atom. The van der Waals surface area contributed by atoms with Crippen LogP contribution >= 0.6 is 0 Å². The van der Waals surface area contributed by atoms with E-state index in [9.17, 15) is 13.2 Å². The Hall–Kier alpha value is -2.49. The molecule has 0 amide bonds. The summed E-state index contributed by atoms with van der Waals surface area (Å²) in [4.78, 5) is 6.08. The number of nitriles is 1. The van der Waals surface area contributed by atoms with E-state index in [1.54, 1.807) is 11.1 Å². The van der Waals surface area contributed by atoms with Gasteiger partial charge in [-0.25, -0.2) is 4.98 Å². The van der Waals surface area contributed by atoms with Gasteiger partial charge in [0.1, 0.15) is 5.82 Å². The molecule has 0 saturated carbocycles. The van der Waals surface area contributed by atoms with Crippen molar-refractivity contribution in [3.05, 3.63) is 47.5 Å². The lowest BCUT2D eigenvalue weighted by Crippen LogP contribution is -2.37. The molecular weight excluding hydrogens is 329 g/mol. The summed E-state index contributed by atoms with van der Waals surface area (Å²) in [6, 6.07) is 5.52. The summed E-state index contributed by atoms with van der Waals surface area (Å²) in [7, 11) is 1.92. The maximum Gasteiger partial charge on any atom is 0.418 e. The summed E-state index contributed by atoms with van der Waals surface area (Å²) in [6.07, 6.45) is 1.68. The second kappa shape index (κ2) is 6.79. The van der Waals surface area contributed by atoms with Gasteiger partial charge in [-0.1, -0.05) is 0 Å². The molecule has 132 valence electrons. The molecule has 0 bridgehead atoms. The van der Waals surface area contributed by atoms with Crippen LogP contribution in [-0.2, 0) is 19.6 Å². The number of hydrogen-bond donors (Lipinski definition) is 0. The van der Waals surface area contributed by atoms with Crippen molar-refractivity contribution in [1.82, 2.24) is 9.55 Å². The zero-order chi connectivity index (χ0) is 18.0. The Morgan fingerprint density at radius 1 is 1.36 bits per heavy atom. The lowest BCUT2D eigenvalue weighted by molar-refractivity contribution is -0.137. The molecule has 2 aromatic rings. The fourth-order valence-electron chi connectivity index (χ4n) is 3.40. The molecule has 2 heterocycles. The van der Waals surface area contributed by atoms with Crippen molar-refractivity contribution in [3.8, 4) is 6.07 Å². The first-order valence-corrected chi connectivity index (χ1v) is 8.21. The van der Waals surface area contributed by atoms with E-state index in [4.69, 9.17) is 5.26 Å². The molecule has 1 saturated heterocycles. The highest BCUT2D eigenvalue weighted by Gasteiger charge is 2.36. The van der Waals surface area contributed by atoms with Gasteiger partial charge in [0.15, 0.2) is 0 Å². The number of alkyl halides is 3. The van der Waals surface area contributed by atoms with Crippen molar-refractivity contribution in [3.63, 3.8) is 0 Å². The van der Waals surface area contributed by atoms with Gasteiger partial charge in [-0.2, -0.15) is 18.4 Å². The third-order valence-electron chi connectivity index (χ3n) is 4.68. The number of hydrogen-bond acceptors (Lipinski definition) is 3. The largest absolute Gasteiger partial charge is 0.418 e. The summed E-state index contributed by atoms with van der Waals surface area (Å²) in [5.74, 6) is 1.18. The molecule has 1 unspecified atom stereocenters. The smallest absolute Gasteiger partial charge is 0.371 e. The minimum Gasteiger partial charge on any atom is -0.371 e. The first-order chi connectivity index (χ1) is 11.9. The van der Waals surface area contributed by atoms with Crippen LogP contribution in [0.25, 0.3) is 0 Å². The average Bonchev–Trinajstić information content (AvgIpc) is 2.98. The van der Waals surface area contributed by atoms with Crippen molar-refractivity contribution in [2.24, 2.45) is 13.0 Å². The monoisotopic (exact) mass is 348 g/mol. The first-order valence-electron chi connectivity index (χ1n) is 8.21. The fraction of sp³-hybridized carbons (Fsp3) is 0.444. The molecule has 1 aromatic carbocycles. The summed E-state index contributed by atoms with van der Waals surface area (Å²) < 4.78 is 42.1. The zero-order valence-corrected chi connectivity index (χ0v) is 13.9. The van der Waals surface area contributed by atoms with Crippen LogP contribution in [0.2, 0.25) is 0 Å². The number of benzene rings is 1. The summed E-state index contributed by atoms with van der Waals surface area (Å²) in [6.45, 7) is 1.10. The molecule has 1 aromatic heterocycles. The van der Waals surface area contributed by atoms with Gasteiger partial charge in [0, 0.05) is 39.0 Å². The molecule has 1 fully saturated rings. The summed E-state index contributed by atoms with van der Waals surface area (Å²) in [5.41, 5.74) is -0.325. The number of imidazole rings is 1. The van der Waals surface area contributed by atoms with E-state index in [0.29, 0.717) is 13.1 Å². The van der Waals surface area contributed by atoms with Crippen molar-refractivity contribution in [2.45, 2.75) is 25.4 Å².